The normalized spacial score (nSPS) is 23.3. The minimum atomic E-state index is -4.40. The fourth-order valence-electron chi connectivity index (χ4n) is 4.45. The number of carbonyl (C=O) groups excluding carboxylic acids is 1. The molecule has 33 heavy (non-hydrogen) atoms. The van der Waals surface area contributed by atoms with Gasteiger partial charge < -0.3 is 18.9 Å². The van der Waals surface area contributed by atoms with E-state index in [0.717, 1.165) is 5.57 Å². The molecule has 0 spiro atoms. The average Bonchev–Trinajstić information content (AvgIpc) is 2.83. The number of ether oxygens (including phenoxy) is 1. The molecule has 190 valence electrons. The molecular formula is C24H41BF3NO4. The molecule has 0 bridgehead atoms. The zero-order chi connectivity index (χ0) is 25.4. The van der Waals surface area contributed by atoms with Gasteiger partial charge in [0.15, 0.2) is 0 Å². The van der Waals surface area contributed by atoms with Crippen molar-refractivity contribution in [1.29, 1.82) is 0 Å². The van der Waals surface area contributed by atoms with E-state index >= 15 is 0 Å². The molecule has 2 atom stereocenters. The third-order valence-corrected chi connectivity index (χ3v) is 6.99. The molecule has 0 aromatic heterocycles. The SMILES string of the molecule is CC(C)=CCC(C(B1OC(C)(C)C(C)(C)O1)C1CCN(C(=O)OC(C)(C)C)CC1)C(F)(F)F. The van der Waals surface area contributed by atoms with Crippen LogP contribution in [0.3, 0.4) is 0 Å². The zero-order valence-corrected chi connectivity index (χ0v) is 21.6. The summed E-state index contributed by atoms with van der Waals surface area (Å²) in [7, 11) is -0.967. The van der Waals surface area contributed by atoms with Gasteiger partial charge in [0.05, 0.1) is 17.1 Å². The van der Waals surface area contributed by atoms with E-state index in [0.29, 0.717) is 25.9 Å². The molecule has 0 aromatic carbocycles. The van der Waals surface area contributed by atoms with E-state index in [1.54, 1.807) is 45.6 Å². The number of nitrogens with zero attached hydrogens (tertiary/aromatic N) is 1. The van der Waals surface area contributed by atoms with Gasteiger partial charge in [-0.3, -0.25) is 0 Å². The molecule has 2 rings (SSSR count). The van der Waals surface area contributed by atoms with Crippen molar-refractivity contribution in [3.63, 3.8) is 0 Å². The second-order valence-electron chi connectivity index (χ2n) is 11.7. The zero-order valence-electron chi connectivity index (χ0n) is 21.6. The number of halogens is 3. The van der Waals surface area contributed by atoms with Gasteiger partial charge in [0.1, 0.15) is 5.60 Å². The van der Waals surface area contributed by atoms with Crippen LogP contribution in [0.15, 0.2) is 11.6 Å². The van der Waals surface area contributed by atoms with Gasteiger partial charge in [0, 0.05) is 18.9 Å². The molecule has 5 nitrogen and oxygen atoms in total. The highest BCUT2D eigenvalue weighted by Crippen LogP contribution is 2.51. The predicted molar refractivity (Wildman–Crippen MR) is 124 cm³/mol. The number of likely N-dealkylation sites (tertiary alicyclic amines) is 1. The van der Waals surface area contributed by atoms with Crippen LogP contribution in [0, 0.1) is 11.8 Å². The van der Waals surface area contributed by atoms with Gasteiger partial charge in [-0.2, -0.15) is 13.2 Å². The van der Waals surface area contributed by atoms with Gasteiger partial charge in [-0.1, -0.05) is 11.6 Å². The summed E-state index contributed by atoms with van der Waals surface area (Å²) in [6.45, 7) is 17.1. The highest BCUT2D eigenvalue weighted by atomic mass is 19.4. The van der Waals surface area contributed by atoms with Gasteiger partial charge in [-0.25, -0.2) is 4.79 Å². The second-order valence-corrected chi connectivity index (χ2v) is 11.7. The molecule has 0 radical (unpaired) electrons. The first-order valence-corrected chi connectivity index (χ1v) is 11.9. The van der Waals surface area contributed by atoms with Crippen molar-refractivity contribution < 1.29 is 32.0 Å². The van der Waals surface area contributed by atoms with Crippen molar-refractivity contribution in [1.82, 2.24) is 4.90 Å². The van der Waals surface area contributed by atoms with Crippen LogP contribution in [0.25, 0.3) is 0 Å². The Morgan fingerprint density at radius 3 is 1.97 bits per heavy atom. The van der Waals surface area contributed by atoms with Crippen molar-refractivity contribution in [3.05, 3.63) is 11.6 Å². The molecule has 2 fully saturated rings. The molecule has 0 saturated carbocycles. The van der Waals surface area contributed by atoms with Crippen LogP contribution < -0.4 is 0 Å². The molecule has 1 amide bonds. The molecule has 2 saturated heterocycles. The van der Waals surface area contributed by atoms with E-state index in [-0.39, 0.29) is 12.3 Å². The minimum absolute atomic E-state index is 0.118. The number of hydrogen-bond donors (Lipinski definition) is 0. The first-order valence-electron chi connectivity index (χ1n) is 11.9. The Balaban J connectivity index is 2.30. The minimum Gasteiger partial charge on any atom is -0.444 e. The summed E-state index contributed by atoms with van der Waals surface area (Å²) in [4.78, 5) is 14.0. The number of carbonyl (C=O) groups is 1. The van der Waals surface area contributed by atoms with Crippen LogP contribution >= 0.6 is 0 Å². The number of alkyl halides is 3. The van der Waals surface area contributed by atoms with Crippen LogP contribution in [-0.4, -0.2) is 54.2 Å². The molecule has 9 heteroatoms. The van der Waals surface area contributed by atoms with E-state index in [9.17, 15) is 18.0 Å². The number of hydrogen-bond acceptors (Lipinski definition) is 4. The molecule has 0 aliphatic carbocycles. The van der Waals surface area contributed by atoms with Gasteiger partial charge in [-0.05, 0) is 87.5 Å². The fraction of sp³-hybridized carbons (Fsp3) is 0.875. The summed E-state index contributed by atoms with van der Waals surface area (Å²) in [5, 5.41) is 0. The van der Waals surface area contributed by atoms with Gasteiger partial charge in [-0.15, -0.1) is 0 Å². The summed E-state index contributed by atoms with van der Waals surface area (Å²) in [5.41, 5.74) is -1.22. The number of rotatable bonds is 5. The van der Waals surface area contributed by atoms with Crippen LogP contribution in [0.5, 0.6) is 0 Å². The second kappa shape index (κ2) is 9.80. The molecule has 2 unspecified atom stereocenters. The average molecular weight is 475 g/mol. The molecule has 2 aliphatic rings. The Bertz CT molecular complexity index is 702. The van der Waals surface area contributed by atoms with E-state index in [1.165, 1.54) is 0 Å². The summed E-state index contributed by atoms with van der Waals surface area (Å²) in [6, 6.07) is 0. The number of allylic oxidation sites excluding steroid dienone is 2. The van der Waals surface area contributed by atoms with Crippen molar-refractivity contribution >= 4 is 13.2 Å². The maximum Gasteiger partial charge on any atom is 0.462 e. The highest BCUT2D eigenvalue weighted by Gasteiger charge is 2.60. The Labute approximate surface area is 197 Å². The van der Waals surface area contributed by atoms with Crippen molar-refractivity contribution in [2.45, 2.75) is 110 Å². The van der Waals surface area contributed by atoms with E-state index in [2.05, 4.69) is 0 Å². The number of amides is 1. The molecular weight excluding hydrogens is 434 g/mol. The van der Waals surface area contributed by atoms with Crippen molar-refractivity contribution in [3.8, 4) is 0 Å². The topological polar surface area (TPSA) is 48.0 Å². The molecule has 2 aliphatic heterocycles. The Kier molecular flexibility index (Phi) is 8.32. The van der Waals surface area contributed by atoms with Crippen LogP contribution in [0.4, 0.5) is 18.0 Å². The Morgan fingerprint density at radius 2 is 1.58 bits per heavy atom. The van der Waals surface area contributed by atoms with Crippen LogP contribution in [0.2, 0.25) is 5.82 Å². The lowest BCUT2D eigenvalue weighted by Crippen LogP contribution is -2.47. The number of piperidine rings is 1. The van der Waals surface area contributed by atoms with Gasteiger partial charge in [0.25, 0.3) is 0 Å². The Hall–Kier alpha value is -1.22. The first kappa shape index (κ1) is 28.0. The third kappa shape index (κ3) is 7.14. The van der Waals surface area contributed by atoms with Gasteiger partial charge >= 0.3 is 19.4 Å². The summed E-state index contributed by atoms with van der Waals surface area (Å²) < 4.78 is 60.9. The third-order valence-electron chi connectivity index (χ3n) is 6.99. The molecule has 2 heterocycles. The smallest absolute Gasteiger partial charge is 0.444 e. The maximum absolute atomic E-state index is 14.4. The molecule has 0 N–H and O–H groups in total. The monoisotopic (exact) mass is 475 g/mol. The molecule has 0 aromatic rings. The summed E-state index contributed by atoms with van der Waals surface area (Å²) >= 11 is 0. The standard InChI is InChI=1S/C24H41BF3NO4/c1-16(2)10-11-18(24(26,27)28)19(25-32-22(6,7)23(8,9)33-25)17-12-14-29(15-13-17)20(30)31-21(3,4)5/h10,17-19H,11-15H2,1-9H3. The fourth-order valence-corrected chi connectivity index (χ4v) is 4.45. The lowest BCUT2D eigenvalue weighted by atomic mass is 9.56. The van der Waals surface area contributed by atoms with Crippen molar-refractivity contribution in [2.24, 2.45) is 11.8 Å². The van der Waals surface area contributed by atoms with E-state index < -0.39 is 47.9 Å². The van der Waals surface area contributed by atoms with Crippen LogP contribution in [0.1, 0.15) is 81.6 Å². The quantitative estimate of drug-likeness (QED) is 0.331. The summed E-state index contributed by atoms with van der Waals surface area (Å²) in [6.07, 6.45) is -2.42. The maximum atomic E-state index is 14.4. The highest BCUT2D eigenvalue weighted by molar-refractivity contribution is 6.47. The lowest BCUT2D eigenvalue weighted by Gasteiger charge is -2.40. The van der Waals surface area contributed by atoms with E-state index in [1.807, 2.05) is 27.7 Å². The lowest BCUT2D eigenvalue weighted by molar-refractivity contribution is -0.180. The largest absolute Gasteiger partial charge is 0.462 e. The first-order chi connectivity index (χ1) is 14.8. The predicted octanol–water partition coefficient (Wildman–Crippen LogP) is 6.63. The van der Waals surface area contributed by atoms with Crippen LogP contribution in [-0.2, 0) is 14.0 Å². The van der Waals surface area contributed by atoms with Gasteiger partial charge in [0.2, 0.25) is 0 Å². The van der Waals surface area contributed by atoms with Crippen molar-refractivity contribution in [2.75, 3.05) is 13.1 Å². The summed E-state index contributed by atoms with van der Waals surface area (Å²) in [5.74, 6) is -2.77. The Morgan fingerprint density at radius 1 is 1.09 bits per heavy atom. The van der Waals surface area contributed by atoms with E-state index in [4.69, 9.17) is 14.0 Å².